The Morgan fingerprint density at radius 2 is 2.10 bits per heavy atom. The van der Waals surface area contributed by atoms with E-state index in [0.29, 0.717) is 17.4 Å². The number of methoxy groups -OCH3 is 1. The zero-order valence-electron chi connectivity index (χ0n) is 11.8. The molecule has 2 rings (SSSR count). The van der Waals surface area contributed by atoms with Gasteiger partial charge in [-0.2, -0.15) is 0 Å². The molecule has 1 aliphatic rings. The normalized spacial score (nSPS) is 15.9. The van der Waals surface area contributed by atoms with Crippen LogP contribution in [0.15, 0.2) is 6.33 Å². The molecule has 0 aliphatic carbocycles. The van der Waals surface area contributed by atoms with Crippen LogP contribution in [0.3, 0.4) is 0 Å². The number of nitrogens with two attached hydrogens (primary N) is 1. The van der Waals surface area contributed by atoms with Crippen molar-refractivity contribution in [2.24, 2.45) is 5.84 Å². The Bertz CT molecular complexity index is 411. The Hall–Kier alpha value is -1.64. The number of anilines is 2. The van der Waals surface area contributed by atoms with Crippen molar-refractivity contribution in [3.05, 3.63) is 6.33 Å². The molecule has 0 aromatic carbocycles. The molecule has 1 fully saturated rings. The van der Waals surface area contributed by atoms with Gasteiger partial charge in [-0.15, -0.1) is 0 Å². The summed E-state index contributed by atoms with van der Waals surface area (Å²) < 4.78 is 10.6. The van der Waals surface area contributed by atoms with Crippen LogP contribution in [0.4, 0.5) is 11.6 Å². The van der Waals surface area contributed by atoms with Crippen molar-refractivity contribution in [1.82, 2.24) is 14.9 Å². The van der Waals surface area contributed by atoms with Crippen molar-refractivity contribution in [3.63, 3.8) is 0 Å². The quantitative estimate of drug-likeness (QED) is 0.362. The number of hydrogen-bond acceptors (Lipinski definition) is 8. The Labute approximate surface area is 118 Å². The lowest BCUT2D eigenvalue weighted by Crippen LogP contribution is -2.37. The second-order valence-corrected chi connectivity index (χ2v) is 4.48. The molecule has 1 aliphatic heterocycles. The van der Waals surface area contributed by atoms with Crippen LogP contribution >= 0.6 is 0 Å². The van der Waals surface area contributed by atoms with Crippen LogP contribution in [0.1, 0.15) is 6.42 Å². The van der Waals surface area contributed by atoms with Gasteiger partial charge in [-0.25, -0.2) is 15.8 Å². The highest BCUT2D eigenvalue weighted by Gasteiger charge is 2.12. The number of hydrazine groups is 1. The number of nitrogens with zero attached hydrogens (tertiary/aromatic N) is 3. The van der Waals surface area contributed by atoms with Gasteiger partial charge in [0.1, 0.15) is 6.33 Å². The highest BCUT2D eigenvalue weighted by molar-refractivity contribution is 5.62. The highest BCUT2D eigenvalue weighted by Crippen LogP contribution is 2.27. The van der Waals surface area contributed by atoms with Gasteiger partial charge in [0.15, 0.2) is 11.6 Å². The summed E-state index contributed by atoms with van der Waals surface area (Å²) >= 11 is 0. The van der Waals surface area contributed by atoms with E-state index in [0.717, 1.165) is 45.8 Å². The predicted molar refractivity (Wildman–Crippen MR) is 76.8 cm³/mol. The Morgan fingerprint density at radius 1 is 1.35 bits per heavy atom. The van der Waals surface area contributed by atoms with E-state index in [2.05, 4.69) is 25.6 Å². The van der Waals surface area contributed by atoms with Crippen molar-refractivity contribution < 1.29 is 9.47 Å². The molecule has 8 nitrogen and oxygen atoms in total. The molecular weight excluding hydrogens is 260 g/mol. The third kappa shape index (κ3) is 3.92. The molecule has 4 N–H and O–H groups in total. The van der Waals surface area contributed by atoms with E-state index >= 15 is 0 Å². The lowest BCUT2D eigenvalue weighted by atomic mass is 10.3. The van der Waals surface area contributed by atoms with Crippen LogP contribution in [0.25, 0.3) is 0 Å². The molecule has 0 spiro atoms. The molecule has 0 atom stereocenters. The number of nitrogens with one attached hydrogen (secondary N) is 2. The summed E-state index contributed by atoms with van der Waals surface area (Å²) in [4.78, 5) is 10.6. The number of nitrogen functional groups attached to an aromatic ring is 1. The van der Waals surface area contributed by atoms with Gasteiger partial charge in [-0.1, -0.05) is 0 Å². The molecule has 1 aromatic heterocycles. The first-order chi connectivity index (χ1) is 9.85. The lowest BCUT2D eigenvalue weighted by Gasteiger charge is -2.26. The minimum Gasteiger partial charge on any atom is -0.490 e. The van der Waals surface area contributed by atoms with E-state index < -0.39 is 0 Å². The molecule has 0 saturated carbocycles. The van der Waals surface area contributed by atoms with Gasteiger partial charge in [0.25, 0.3) is 0 Å². The number of ether oxygens (including phenoxy) is 2. The Morgan fingerprint density at radius 3 is 2.80 bits per heavy atom. The molecule has 112 valence electrons. The van der Waals surface area contributed by atoms with Gasteiger partial charge in [0.2, 0.25) is 5.75 Å². The molecule has 20 heavy (non-hydrogen) atoms. The molecule has 0 unspecified atom stereocenters. The van der Waals surface area contributed by atoms with E-state index in [1.54, 1.807) is 7.11 Å². The highest BCUT2D eigenvalue weighted by atomic mass is 16.5. The lowest BCUT2D eigenvalue weighted by molar-refractivity contribution is 0.0378. The zero-order valence-corrected chi connectivity index (χ0v) is 11.8. The average Bonchev–Trinajstić information content (AvgIpc) is 2.52. The van der Waals surface area contributed by atoms with Gasteiger partial charge in [0.05, 0.1) is 20.3 Å². The molecule has 0 radical (unpaired) electrons. The first-order valence-corrected chi connectivity index (χ1v) is 6.74. The molecule has 1 aromatic rings. The van der Waals surface area contributed by atoms with Crippen LogP contribution in [0.2, 0.25) is 0 Å². The fraction of sp³-hybridized carbons (Fsp3) is 0.667. The van der Waals surface area contributed by atoms with Crippen LogP contribution in [-0.4, -0.2) is 61.4 Å². The summed E-state index contributed by atoms with van der Waals surface area (Å²) in [5, 5.41) is 3.25. The van der Waals surface area contributed by atoms with E-state index in [4.69, 9.17) is 15.3 Å². The molecular formula is C12H22N6O2. The van der Waals surface area contributed by atoms with Gasteiger partial charge in [0, 0.05) is 19.6 Å². The topological polar surface area (TPSA) is 97.6 Å². The third-order valence-corrected chi connectivity index (χ3v) is 3.19. The van der Waals surface area contributed by atoms with E-state index in [1.807, 2.05) is 0 Å². The number of rotatable bonds is 7. The van der Waals surface area contributed by atoms with E-state index in [-0.39, 0.29) is 0 Å². The largest absolute Gasteiger partial charge is 0.490 e. The van der Waals surface area contributed by atoms with Crippen molar-refractivity contribution in [2.75, 3.05) is 57.2 Å². The van der Waals surface area contributed by atoms with Crippen molar-refractivity contribution in [2.45, 2.75) is 6.42 Å². The predicted octanol–water partition coefficient (Wildman–Crippen LogP) is -0.0950. The number of morpholine rings is 1. The molecule has 2 heterocycles. The van der Waals surface area contributed by atoms with E-state index in [9.17, 15) is 0 Å². The second-order valence-electron chi connectivity index (χ2n) is 4.48. The minimum atomic E-state index is 0.471. The molecule has 0 bridgehead atoms. The van der Waals surface area contributed by atoms with E-state index in [1.165, 1.54) is 6.33 Å². The summed E-state index contributed by atoms with van der Waals surface area (Å²) in [7, 11) is 1.57. The summed E-state index contributed by atoms with van der Waals surface area (Å²) in [6, 6.07) is 0. The standard InChI is InChI=1S/C12H22N6O2/c1-19-10-11(15-9-16-12(10)17-13)14-3-2-4-18-5-7-20-8-6-18/h9H,2-8,13H2,1H3,(H2,14,15,16,17). The Balaban J connectivity index is 1.78. The average molecular weight is 282 g/mol. The van der Waals surface area contributed by atoms with Crippen LogP contribution in [0, 0.1) is 0 Å². The number of hydrogen-bond donors (Lipinski definition) is 3. The number of aromatic nitrogens is 2. The summed E-state index contributed by atoms with van der Waals surface area (Å²) in [6.07, 6.45) is 2.47. The molecule has 0 amide bonds. The van der Waals surface area contributed by atoms with Gasteiger partial charge < -0.3 is 20.2 Å². The van der Waals surface area contributed by atoms with Crippen LogP contribution < -0.4 is 21.3 Å². The van der Waals surface area contributed by atoms with Crippen molar-refractivity contribution >= 4 is 11.6 Å². The van der Waals surface area contributed by atoms with Crippen LogP contribution in [-0.2, 0) is 4.74 Å². The molecule has 8 heteroatoms. The maximum Gasteiger partial charge on any atom is 0.205 e. The Kier molecular flexibility index (Phi) is 5.78. The smallest absolute Gasteiger partial charge is 0.205 e. The van der Waals surface area contributed by atoms with Gasteiger partial charge >= 0.3 is 0 Å². The minimum absolute atomic E-state index is 0.471. The monoisotopic (exact) mass is 282 g/mol. The third-order valence-electron chi connectivity index (χ3n) is 3.19. The summed E-state index contributed by atoms with van der Waals surface area (Å²) in [5.74, 6) is 7.03. The SMILES string of the molecule is COc1c(NN)ncnc1NCCCN1CCOCC1. The summed E-state index contributed by atoms with van der Waals surface area (Å²) in [6.45, 7) is 5.55. The van der Waals surface area contributed by atoms with Crippen molar-refractivity contribution in [3.8, 4) is 5.75 Å². The van der Waals surface area contributed by atoms with Crippen LogP contribution in [0.5, 0.6) is 5.75 Å². The second kappa shape index (κ2) is 7.83. The zero-order chi connectivity index (χ0) is 14.2. The maximum atomic E-state index is 5.38. The fourth-order valence-corrected chi connectivity index (χ4v) is 2.13. The van der Waals surface area contributed by atoms with Gasteiger partial charge in [-0.05, 0) is 13.0 Å². The first kappa shape index (κ1) is 14.8. The molecule has 1 saturated heterocycles. The first-order valence-electron chi connectivity index (χ1n) is 6.74. The summed E-state index contributed by atoms with van der Waals surface area (Å²) in [5.41, 5.74) is 2.49. The van der Waals surface area contributed by atoms with Gasteiger partial charge in [-0.3, -0.25) is 4.90 Å². The van der Waals surface area contributed by atoms with Crippen molar-refractivity contribution in [1.29, 1.82) is 0 Å². The maximum absolute atomic E-state index is 5.38. The fourth-order valence-electron chi connectivity index (χ4n) is 2.13.